The van der Waals surface area contributed by atoms with Crippen molar-refractivity contribution >= 4 is 5.96 Å². The molecule has 0 aromatic heterocycles. The lowest BCUT2D eigenvalue weighted by Gasteiger charge is -2.25. The number of rotatable bonds is 8. The van der Waals surface area contributed by atoms with Crippen molar-refractivity contribution in [3.05, 3.63) is 29.8 Å². The Labute approximate surface area is 145 Å². The van der Waals surface area contributed by atoms with Gasteiger partial charge in [0.2, 0.25) is 0 Å². The van der Waals surface area contributed by atoms with E-state index < -0.39 is 0 Å². The van der Waals surface area contributed by atoms with Crippen LogP contribution in [0.3, 0.4) is 0 Å². The Bertz CT molecular complexity index is 502. The molecule has 0 amide bonds. The van der Waals surface area contributed by atoms with E-state index in [2.05, 4.69) is 33.5 Å². The number of para-hydroxylation sites is 1. The highest BCUT2D eigenvalue weighted by molar-refractivity contribution is 5.79. The summed E-state index contributed by atoms with van der Waals surface area (Å²) in [4.78, 5) is 7.06. The molecule has 0 spiro atoms. The number of nitrogens with zero attached hydrogens (tertiary/aromatic N) is 2. The van der Waals surface area contributed by atoms with Crippen molar-refractivity contribution < 1.29 is 9.47 Å². The van der Waals surface area contributed by atoms with Crippen LogP contribution in [0.5, 0.6) is 5.75 Å². The molecule has 0 radical (unpaired) electrons. The van der Waals surface area contributed by atoms with E-state index in [1.54, 1.807) is 7.11 Å². The lowest BCUT2D eigenvalue weighted by Crippen LogP contribution is -2.40. The van der Waals surface area contributed by atoms with Crippen LogP contribution in [0.25, 0.3) is 0 Å². The molecule has 6 heteroatoms. The molecule has 0 unspecified atom stereocenters. The molecule has 1 heterocycles. The van der Waals surface area contributed by atoms with Gasteiger partial charge in [-0.25, -0.2) is 0 Å². The first-order valence-corrected chi connectivity index (χ1v) is 8.77. The monoisotopic (exact) mass is 334 g/mol. The molecule has 1 fully saturated rings. The fourth-order valence-corrected chi connectivity index (χ4v) is 2.69. The van der Waals surface area contributed by atoms with Gasteiger partial charge in [0.15, 0.2) is 5.96 Å². The number of nitrogens with one attached hydrogen (secondary N) is 2. The van der Waals surface area contributed by atoms with E-state index in [0.717, 1.165) is 70.6 Å². The molecule has 1 aliphatic heterocycles. The van der Waals surface area contributed by atoms with E-state index in [-0.39, 0.29) is 0 Å². The van der Waals surface area contributed by atoms with E-state index in [1.807, 2.05) is 18.2 Å². The molecule has 0 atom stereocenters. The predicted molar refractivity (Wildman–Crippen MR) is 97.9 cm³/mol. The van der Waals surface area contributed by atoms with Gasteiger partial charge in [-0.05, 0) is 25.0 Å². The fraction of sp³-hybridized carbons (Fsp3) is 0.611. The van der Waals surface area contributed by atoms with Gasteiger partial charge in [0.25, 0.3) is 0 Å². The van der Waals surface area contributed by atoms with Crippen LogP contribution < -0.4 is 15.4 Å². The second-order valence-electron chi connectivity index (χ2n) is 5.70. The van der Waals surface area contributed by atoms with Crippen molar-refractivity contribution in [1.29, 1.82) is 0 Å². The predicted octanol–water partition coefficient (Wildman–Crippen LogP) is 1.13. The quantitative estimate of drug-likeness (QED) is 0.551. The molecular formula is C18H30N4O2. The molecule has 0 aliphatic carbocycles. The summed E-state index contributed by atoms with van der Waals surface area (Å²) in [5.74, 6) is 1.81. The molecule has 24 heavy (non-hydrogen) atoms. The zero-order chi connectivity index (χ0) is 17.0. The van der Waals surface area contributed by atoms with Crippen LogP contribution in [0.4, 0.5) is 0 Å². The molecule has 134 valence electrons. The Kier molecular flexibility index (Phi) is 8.41. The molecular weight excluding hydrogens is 304 g/mol. The van der Waals surface area contributed by atoms with Crippen molar-refractivity contribution in [2.75, 3.05) is 59.6 Å². The van der Waals surface area contributed by atoms with Crippen LogP contribution in [0.1, 0.15) is 12.5 Å². The normalized spacial score (nSPS) is 16.0. The summed E-state index contributed by atoms with van der Waals surface area (Å²) >= 11 is 0. The van der Waals surface area contributed by atoms with E-state index in [4.69, 9.17) is 9.47 Å². The smallest absolute Gasteiger partial charge is 0.191 e. The number of morpholine rings is 1. The number of ether oxygens (including phenoxy) is 2. The van der Waals surface area contributed by atoms with Gasteiger partial charge >= 0.3 is 0 Å². The Morgan fingerprint density at radius 1 is 1.25 bits per heavy atom. The van der Waals surface area contributed by atoms with Crippen LogP contribution in [0.2, 0.25) is 0 Å². The van der Waals surface area contributed by atoms with E-state index >= 15 is 0 Å². The van der Waals surface area contributed by atoms with Crippen LogP contribution in [-0.4, -0.2) is 70.5 Å². The van der Waals surface area contributed by atoms with Crippen LogP contribution >= 0.6 is 0 Å². The van der Waals surface area contributed by atoms with Gasteiger partial charge in [0, 0.05) is 32.7 Å². The highest BCUT2D eigenvalue weighted by Crippen LogP contribution is 2.17. The first-order chi connectivity index (χ1) is 11.8. The SMILES string of the molecule is CCNC(=NCCN1CCOCC1)NCCc1ccccc1OC. The number of benzene rings is 1. The number of guanidine groups is 1. The summed E-state index contributed by atoms with van der Waals surface area (Å²) in [7, 11) is 1.71. The van der Waals surface area contributed by atoms with Gasteiger partial charge in [0.1, 0.15) is 5.75 Å². The van der Waals surface area contributed by atoms with Crippen LogP contribution in [0, 0.1) is 0 Å². The summed E-state index contributed by atoms with van der Waals surface area (Å²) in [6, 6.07) is 8.13. The van der Waals surface area contributed by atoms with Crippen LogP contribution in [-0.2, 0) is 11.2 Å². The van der Waals surface area contributed by atoms with Gasteiger partial charge in [-0.1, -0.05) is 18.2 Å². The highest BCUT2D eigenvalue weighted by atomic mass is 16.5. The van der Waals surface area contributed by atoms with Crippen molar-refractivity contribution in [2.45, 2.75) is 13.3 Å². The maximum atomic E-state index is 5.39. The molecule has 0 bridgehead atoms. The third-order valence-corrected chi connectivity index (χ3v) is 4.01. The molecule has 2 rings (SSSR count). The topological polar surface area (TPSA) is 58.1 Å². The summed E-state index contributed by atoms with van der Waals surface area (Å²) < 4.78 is 10.8. The summed E-state index contributed by atoms with van der Waals surface area (Å²) in [6.07, 6.45) is 0.901. The molecule has 1 saturated heterocycles. The van der Waals surface area contributed by atoms with Crippen molar-refractivity contribution in [2.24, 2.45) is 4.99 Å². The summed E-state index contributed by atoms with van der Waals surface area (Å²) in [5.41, 5.74) is 1.21. The lowest BCUT2D eigenvalue weighted by atomic mass is 10.1. The number of methoxy groups -OCH3 is 1. The zero-order valence-electron chi connectivity index (χ0n) is 14.9. The van der Waals surface area contributed by atoms with Crippen molar-refractivity contribution in [3.8, 4) is 5.75 Å². The third-order valence-electron chi connectivity index (χ3n) is 4.01. The molecule has 1 aromatic carbocycles. The Morgan fingerprint density at radius 2 is 2.04 bits per heavy atom. The van der Waals surface area contributed by atoms with Crippen LogP contribution in [0.15, 0.2) is 29.3 Å². The minimum absolute atomic E-state index is 0.796. The Morgan fingerprint density at radius 3 is 2.79 bits per heavy atom. The van der Waals surface area contributed by atoms with Crippen molar-refractivity contribution in [1.82, 2.24) is 15.5 Å². The summed E-state index contributed by atoms with van der Waals surface area (Å²) in [6.45, 7) is 9.22. The Hall–Kier alpha value is -1.79. The fourth-order valence-electron chi connectivity index (χ4n) is 2.69. The average Bonchev–Trinajstić information content (AvgIpc) is 2.63. The van der Waals surface area contributed by atoms with E-state index in [1.165, 1.54) is 5.56 Å². The molecule has 2 N–H and O–H groups in total. The van der Waals surface area contributed by atoms with Gasteiger partial charge in [0.05, 0.1) is 26.9 Å². The van der Waals surface area contributed by atoms with Gasteiger partial charge in [-0.15, -0.1) is 0 Å². The maximum Gasteiger partial charge on any atom is 0.191 e. The molecule has 1 aromatic rings. The second-order valence-corrected chi connectivity index (χ2v) is 5.70. The largest absolute Gasteiger partial charge is 0.496 e. The average molecular weight is 334 g/mol. The number of aliphatic imine (C=N–C) groups is 1. The van der Waals surface area contributed by atoms with Gasteiger partial charge in [-0.2, -0.15) is 0 Å². The first kappa shape index (κ1) is 18.5. The van der Waals surface area contributed by atoms with E-state index in [9.17, 15) is 0 Å². The summed E-state index contributed by atoms with van der Waals surface area (Å²) in [5, 5.41) is 6.70. The lowest BCUT2D eigenvalue weighted by molar-refractivity contribution is 0.0394. The van der Waals surface area contributed by atoms with E-state index in [0.29, 0.717) is 0 Å². The third kappa shape index (κ3) is 6.37. The molecule has 1 aliphatic rings. The number of hydrogen-bond donors (Lipinski definition) is 2. The molecule has 6 nitrogen and oxygen atoms in total. The zero-order valence-corrected chi connectivity index (χ0v) is 14.9. The highest BCUT2D eigenvalue weighted by Gasteiger charge is 2.09. The first-order valence-electron chi connectivity index (χ1n) is 8.77. The number of hydrogen-bond acceptors (Lipinski definition) is 4. The van der Waals surface area contributed by atoms with Crippen molar-refractivity contribution in [3.63, 3.8) is 0 Å². The van der Waals surface area contributed by atoms with Gasteiger partial charge < -0.3 is 20.1 Å². The minimum atomic E-state index is 0.796. The Balaban J connectivity index is 1.76. The second kappa shape index (κ2) is 10.9. The standard InChI is InChI=1S/C18H30N4O2/c1-3-19-18(21-10-11-22-12-14-24-15-13-22)20-9-8-16-6-4-5-7-17(16)23-2/h4-7H,3,8-15H2,1-2H3,(H2,19,20,21). The maximum absolute atomic E-state index is 5.39. The molecule has 0 saturated carbocycles. The minimum Gasteiger partial charge on any atom is -0.496 e. The van der Waals surface area contributed by atoms with Gasteiger partial charge in [-0.3, -0.25) is 9.89 Å².